The second-order valence-corrected chi connectivity index (χ2v) is 11.7. The van der Waals surface area contributed by atoms with Crippen LogP contribution in [0.4, 0.5) is 5.69 Å². The fourth-order valence-corrected chi connectivity index (χ4v) is 5.40. The summed E-state index contributed by atoms with van der Waals surface area (Å²) in [6.07, 6.45) is 6.73. The number of thiazole rings is 1. The number of thioether (sulfide) groups is 1. The van der Waals surface area contributed by atoms with Gasteiger partial charge in [-0.15, -0.1) is 23.1 Å². The zero-order chi connectivity index (χ0) is 25.8. The molecule has 0 amide bonds. The average Bonchev–Trinajstić information content (AvgIpc) is 3.49. The van der Waals surface area contributed by atoms with Crippen molar-refractivity contribution >= 4 is 34.6 Å². The molecule has 192 valence electrons. The van der Waals surface area contributed by atoms with Crippen LogP contribution in [-0.2, 0) is 28.8 Å². The van der Waals surface area contributed by atoms with E-state index in [1.807, 2.05) is 26.2 Å². The molecule has 3 rings (SSSR count). The predicted molar refractivity (Wildman–Crippen MR) is 150 cm³/mol. The molecule has 0 bridgehead atoms. The number of hydrogen-bond donors (Lipinski definition) is 0. The summed E-state index contributed by atoms with van der Waals surface area (Å²) >= 11 is 3.22. The molecular weight excluding hydrogens is 474 g/mol. The summed E-state index contributed by atoms with van der Waals surface area (Å²) in [4.78, 5) is 23.8. The number of Topliss-reactive ketones (excluding diaryl/α,β-unsaturated/α-hetero) is 1. The van der Waals surface area contributed by atoms with Gasteiger partial charge in [0, 0.05) is 30.6 Å². The van der Waals surface area contributed by atoms with E-state index < -0.39 is 0 Å². The van der Waals surface area contributed by atoms with Gasteiger partial charge in [0.15, 0.2) is 0 Å². The molecule has 0 radical (unpaired) electrons. The van der Waals surface area contributed by atoms with Gasteiger partial charge < -0.3 is 9.32 Å². The summed E-state index contributed by atoms with van der Waals surface area (Å²) in [6.45, 7) is 16.9. The van der Waals surface area contributed by atoms with Crippen molar-refractivity contribution in [3.8, 4) is 0 Å². The molecule has 1 aromatic carbocycles. The maximum atomic E-state index is 12.6. The van der Waals surface area contributed by atoms with Crippen molar-refractivity contribution in [2.75, 3.05) is 18.0 Å². The van der Waals surface area contributed by atoms with Crippen molar-refractivity contribution in [3.63, 3.8) is 0 Å². The number of carbonyl (C=O) groups excluding carboxylic acids is 1. The summed E-state index contributed by atoms with van der Waals surface area (Å²) in [7, 11) is 0. The molecule has 0 atom stereocenters. The first kappa shape index (κ1) is 29.1. The normalized spacial score (nSPS) is 11.2. The second-order valence-electron chi connectivity index (χ2n) is 9.28. The van der Waals surface area contributed by atoms with Gasteiger partial charge in [0.05, 0.1) is 28.8 Å². The average molecular weight is 516 g/mol. The molecule has 0 saturated heterocycles. The number of nitrogens with zero attached hydrogens (tertiary/aromatic N) is 3. The zero-order valence-corrected chi connectivity index (χ0v) is 24.0. The Hall–Kier alpha value is -2.12. The lowest BCUT2D eigenvalue weighted by Gasteiger charge is -2.23. The molecule has 35 heavy (non-hydrogen) atoms. The van der Waals surface area contributed by atoms with Gasteiger partial charge in [-0.1, -0.05) is 60.6 Å². The minimum absolute atomic E-state index is 0.0430. The molecule has 3 aromatic rings. The van der Waals surface area contributed by atoms with Crippen molar-refractivity contribution in [2.24, 2.45) is 0 Å². The van der Waals surface area contributed by atoms with E-state index in [4.69, 9.17) is 4.42 Å². The maximum absolute atomic E-state index is 12.6. The van der Waals surface area contributed by atoms with Gasteiger partial charge in [0.1, 0.15) is 16.6 Å². The van der Waals surface area contributed by atoms with Crippen LogP contribution in [0, 0.1) is 0 Å². The van der Waals surface area contributed by atoms with E-state index in [0.29, 0.717) is 18.6 Å². The van der Waals surface area contributed by atoms with Gasteiger partial charge in [0.25, 0.3) is 0 Å². The summed E-state index contributed by atoms with van der Waals surface area (Å²) in [5.41, 5.74) is 2.25. The molecular formula is C28H41N3O2S2. The highest BCUT2D eigenvalue weighted by molar-refractivity contribution is 8.00. The monoisotopic (exact) mass is 515 g/mol. The molecule has 5 nitrogen and oxygen atoms in total. The van der Waals surface area contributed by atoms with E-state index in [-0.39, 0.29) is 11.2 Å². The van der Waals surface area contributed by atoms with Crippen molar-refractivity contribution in [3.05, 3.63) is 58.9 Å². The summed E-state index contributed by atoms with van der Waals surface area (Å²) < 4.78 is 6.93. The third kappa shape index (κ3) is 9.45. The van der Waals surface area contributed by atoms with Gasteiger partial charge in [-0.3, -0.25) is 4.79 Å². The fourth-order valence-electron chi connectivity index (χ4n) is 3.49. The third-order valence-electron chi connectivity index (χ3n) is 5.20. The van der Waals surface area contributed by atoms with Crippen LogP contribution < -0.4 is 4.90 Å². The van der Waals surface area contributed by atoms with Crippen LogP contribution in [0.25, 0.3) is 0 Å². The van der Waals surface area contributed by atoms with Crippen LogP contribution in [-0.4, -0.2) is 28.8 Å². The van der Waals surface area contributed by atoms with Crippen LogP contribution in [0.3, 0.4) is 0 Å². The first-order valence-corrected chi connectivity index (χ1v) is 14.5. The van der Waals surface area contributed by atoms with Gasteiger partial charge >= 0.3 is 0 Å². The lowest BCUT2D eigenvalue weighted by Crippen LogP contribution is -2.24. The van der Waals surface area contributed by atoms with Crippen LogP contribution >= 0.6 is 23.1 Å². The molecule has 0 aliphatic heterocycles. The molecule has 2 heterocycles. The van der Waals surface area contributed by atoms with Crippen molar-refractivity contribution < 1.29 is 9.21 Å². The van der Waals surface area contributed by atoms with Crippen molar-refractivity contribution in [1.29, 1.82) is 0 Å². The van der Waals surface area contributed by atoms with E-state index in [1.165, 1.54) is 5.69 Å². The van der Waals surface area contributed by atoms with Crippen LogP contribution in [0.15, 0.2) is 45.3 Å². The maximum Gasteiger partial charge on any atom is 0.204 e. The molecule has 0 unspecified atom stereocenters. The molecule has 7 heteroatoms. The Morgan fingerprint density at radius 2 is 1.66 bits per heavy atom. The second kappa shape index (κ2) is 14.4. The van der Waals surface area contributed by atoms with Crippen molar-refractivity contribution in [2.45, 2.75) is 89.5 Å². The highest BCUT2D eigenvalue weighted by Crippen LogP contribution is 2.30. The smallest absolute Gasteiger partial charge is 0.204 e. The van der Waals surface area contributed by atoms with Crippen LogP contribution in [0.5, 0.6) is 0 Å². The number of aromatic nitrogens is 2. The number of ketones is 1. The van der Waals surface area contributed by atoms with Gasteiger partial charge in [-0.2, -0.15) is 0 Å². The molecule has 0 saturated carbocycles. The van der Waals surface area contributed by atoms with Crippen molar-refractivity contribution in [1.82, 2.24) is 9.97 Å². The van der Waals surface area contributed by atoms with Gasteiger partial charge in [0.2, 0.25) is 5.89 Å². The Kier molecular flexibility index (Phi) is 12.0. The fraction of sp³-hybridized carbons (Fsp3) is 0.536. The first-order chi connectivity index (χ1) is 16.8. The number of benzene rings is 1. The van der Waals surface area contributed by atoms with Crippen LogP contribution in [0.1, 0.15) is 83.5 Å². The summed E-state index contributed by atoms with van der Waals surface area (Å²) in [6, 6.07) is 8.44. The predicted octanol–water partition coefficient (Wildman–Crippen LogP) is 7.73. The Labute approximate surface area is 219 Å². The minimum atomic E-state index is -0.0430. The summed E-state index contributed by atoms with van der Waals surface area (Å²) in [5, 5.41) is 0.860. The number of anilines is 1. The number of oxazole rings is 1. The summed E-state index contributed by atoms with van der Waals surface area (Å²) in [5.74, 6) is 2.46. The molecule has 0 N–H and O–H groups in total. The molecule has 0 fully saturated rings. The lowest BCUT2D eigenvalue weighted by atomic mass is 9.94. The quantitative estimate of drug-likeness (QED) is 0.230. The molecule has 0 aliphatic rings. The first-order valence-electron chi connectivity index (χ1n) is 12.7. The standard InChI is InChI=1S/C26H35N3O2S2.C2H6/c1-6-12-29(13-7-2)20-10-8-19(9-11-20)14-21(30)15-24-28-17-25(33-24)32-18-23-27-16-22(31-23)26(3,4)5;1-2/h8-11,16-17H,6-7,12-15,18H2,1-5H3;1-2H3. The number of rotatable bonds is 12. The number of hydrogen-bond acceptors (Lipinski definition) is 7. The Balaban J connectivity index is 0.00000210. The number of carbonyl (C=O) groups is 1. The van der Waals surface area contributed by atoms with Gasteiger partial charge in [-0.25, -0.2) is 9.97 Å². The van der Waals surface area contributed by atoms with Gasteiger partial charge in [-0.05, 0) is 30.5 Å². The third-order valence-corrected chi connectivity index (χ3v) is 7.38. The lowest BCUT2D eigenvalue weighted by molar-refractivity contribution is -0.117. The van der Waals surface area contributed by atoms with E-state index in [1.54, 1.807) is 23.1 Å². The highest BCUT2D eigenvalue weighted by atomic mass is 32.2. The largest absolute Gasteiger partial charge is 0.444 e. The molecule has 0 spiro atoms. The Morgan fingerprint density at radius 3 is 2.23 bits per heavy atom. The van der Waals surface area contributed by atoms with E-state index in [9.17, 15) is 4.79 Å². The van der Waals surface area contributed by atoms with Crippen LogP contribution in [0.2, 0.25) is 0 Å². The molecule has 2 aromatic heterocycles. The zero-order valence-electron chi connectivity index (χ0n) is 22.4. The Bertz CT molecular complexity index is 1010. The van der Waals surface area contributed by atoms with E-state index in [0.717, 1.165) is 52.4 Å². The SMILES string of the molecule is CC.CCCN(CCC)c1ccc(CC(=O)Cc2ncc(SCc3ncc(C(C)(C)C)o3)s2)cc1. The minimum Gasteiger partial charge on any atom is -0.444 e. The van der Waals surface area contributed by atoms with E-state index in [2.05, 4.69) is 73.8 Å². The Morgan fingerprint density at radius 1 is 1.00 bits per heavy atom. The molecule has 0 aliphatic carbocycles. The van der Waals surface area contributed by atoms with E-state index >= 15 is 0 Å². The highest BCUT2D eigenvalue weighted by Gasteiger charge is 2.19. The topological polar surface area (TPSA) is 59.2 Å².